The zero-order chi connectivity index (χ0) is 13.6. The van der Waals surface area contributed by atoms with Gasteiger partial charge in [-0.05, 0) is 38.5 Å². The van der Waals surface area contributed by atoms with Gasteiger partial charge in [0.15, 0.2) is 0 Å². The Bertz CT molecular complexity index is 611. The van der Waals surface area contributed by atoms with E-state index in [1.807, 2.05) is 19.1 Å². The molecular formula is C14H16BrClN2O. The third-order valence-corrected chi connectivity index (χ3v) is 4.39. The third-order valence-electron chi connectivity index (χ3n) is 3.70. The molecule has 0 amide bonds. The first-order chi connectivity index (χ1) is 9.08. The summed E-state index contributed by atoms with van der Waals surface area (Å²) in [6, 6.07) is 6.46. The van der Waals surface area contributed by atoms with Crippen LogP contribution >= 0.6 is 27.5 Å². The van der Waals surface area contributed by atoms with Gasteiger partial charge in [0.05, 0.1) is 28.6 Å². The van der Waals surface area contributed by atoms with Crippen molar-refractivity contribution >= 4 is 38.6 Å². The van der Waals surface area contributed by atoms with E-state index in [0.29, 0.717) is 6.04 Å². The standard InChI is InChI=1S/C14H16BrClN2O/c1-8(16)14-17-11-4-3-10(15)7-13(11)18(14)12-5-6-19-9(12)2/h3-4,7-9,12H,5-6H2,1-2H3. The number of ether oxygens (including phenoxy) is 1. The van der Waals surface area contributed by atoms with Gasteiger partial charge in [0.25, 0.3) is 0 Å². The highest BCUT2D eigenvalue weighted by atomic mass is 79.9. The number of rotatable bonds is 2. The van der Waals surface area contributed by atoms with Gasteiger partial charge in [0, 0.05) is 11.1 Å². The SMILES string of the molecule is CC(Cl)c1nc2ccc(Br)cc2n1C1CCOC1C. The quantitative estimate of drug-likeness (QED) is 0.753. The number of hydrogen-bond acceptors (Lipinski definition) is 2. The first-order valence-electron chi connectivity index (χ1n) is 6.51. The van der Waals surface area contributed by atoms with Gasteiger partial charge in [0.1, 0.15) is 5.82 Å². The van der Waals surface area contributed by atoms with E-state index in [1.54, 1.807) is 0 Å². The topological polar surface area (TPSA) is 27.1 Å². The summed E-state index contributed by atoms with van der Waals surface area (Å²) < 4.78 is 9.02. The van der Waals surface area contributed by atoms with Crippen LogP contribution in [-0.2, 0) is 4.74 Å². The minimum Gasteiger partial charge on any atom is -0.376 e. The van der Waals surface area contributed by atoms with E-state index in [1.165, 1.54) is 0 Å². The van der Waals surface area contributed by atoms with Crippen LogP contribution in [-0.4, -0.2) is 22.3 Å². The first kappa shape index (κ1) is 13.4. The van der Waals surface area contributed by atoms with Crippen molar-refractivity contribution in [2.24, 2.45) is 0 Å². The molecule has 0 spiro atoms. The van der Waals surface area contributed by atoms with Gasteiger partial charge in [-0.3, -0.25) is 0 Å². The van der Waals surface area contributed by atoms with E-state index in [2.05, 4.69) is 38.5 Å². The molecule has 1 aliphatic rings. The summed E-state index contributed by atoms with van der Waals surface area (Å²) >= 11 is 9.84. The van der Waals surface area contributed by atoms with Gasteiger partial charge in [0.2, 0.25) is 0 Å². The molecule has 102 valence electrons. The number of imidazole rings is 1. The Labute approximate surface area is 126 Å². The lowest BCUT2D eigenvalue weighted by molar-refractivity contribution is 0.108. The van der Waals surface area contributed by atoms with E-state index < -0.39 is 0 Å². The molecule has 0 N–H and O–H groups in total. The van der Waals surface area contributed by atoms with Crippen molar-refractivity contribution in [3.05, 3.63) is 28.5 Å². The van der Waals surface area contributed by atoms with Crippen molar-refractivity contribution in [2.45, 2.75) is 37.8 Å². The van der Waals surface area contributed by atoms with Crippen LogP contribution in [0.2, 0.25) is 0 Å². The maximum Gasteiger partial charge on any atom is 0.128 e. The second-order valence-electron chi connectivity index (χ2n) is 5.02. The lowest BCUT2D eigenvalue weighted by Gasteiger charge is -2.20. The summed E-state index contributed by atoms with van der Waals surface area (Å²) in [4.78, 5) is 4.69. The van der Waals surface area contributed by atoms with Crippen LogP contribution in [0.5, 0.6) is 0 Å². The molecule has 1 aromatic carbocycles. The zero-order valence-corrected chi connectivity index (χ0v) is 13.3. The first-order valence-corrected chi connectivity index (χ1v) is 7.74. The molecule has 3 atom stereocenters. The lowest BCUT2D eigenvalue weighted by atomic mass is 10.1. The van der Waals surface area contributed by atoms with Crippen molar-refractivity contribution in [1.29, 1.82) is 0 Å². The minimum absolute atomic E-state index is 0.112. The van der Waals surface area contributed by atoms with Crippen molar-refractivity contribution in [3.63, 3.8) is 0 Å². The molecule has 1 aliphatic heterocycles. The summed E-state index contributed by atoms with van der Waals surface area (Å²) in [7, 11) is 0. The Morgan fingerprint density at radius 1 is 1.53 bits per heavy atom. The highest BCUT2D eigenvalue weighted by molar-refractivity contribution is 9.10. The lowest BCUT2D eigenvalue weighted by Crippen LogP contribution is -2.19. The van der Waals surface area contributed by atoms with Crippen molar-refractivity contribution < 1.29 is 4.74 Å². The molecular weight excluding hydrogens is 328 g/mol. The van der Waals surface area contributed by atoms with Crippen LogP contribution in [0, 0.1) is 0 Å². The monoisotopic (exact) mass is 342 g/mol. The fourth-order valence-electron chi connectivity index (χ4n) is 2.77. The largest absolute Gasteiger partial charge is 0.376 e. The molecule has 3 unspecified atom stereocenters. The second kappa shape index (κ2) is 5.08. The Morgan fingerprint density at radius 3 is 2.95 bits per heavy atom. The van der Waals surface area contributed by atoms with Gasteiger partial charge >= 0.3 is 0 Å². The molecule has 3 nitrogen and oxygen atoms in total. The number of hydrogen-bond donors (Lipinski definition) is 0. The maximum atomic E-state index is 6.31. The zero-order valence-electron chi connectivity index (χ0n) is 10.9. The predicted octanol–water partition coefficient (Wildman–Crippen LogP) is 4.45. The summed E-state index contributed by atoms with van der Waals surface area (Å²) in [6.07, 6.45) is 1.21. The number of alkyl halides is 1. The predicted molar refractivity (Wildman–Crippen MR) is 80.8 cm³/mol. The molecule has 0 saturated carbocycles. The molecule has 3 rings (SSSR count). The van der Waals surface area contributed by atoms with Crippen LogP contribution in [0.3, 0.4) is 0 Å². The van der Waals surface area contributed by atoms with Crippen molar-refractivity contribution in [1.82, 2.24) is 9.55 Å². The van der Waals surface area contributed by atoms with E-state index in [-0.39, 0.29) is 11.5 Å². The summed E-state index contributed by atoms with van der Waals surface area (Å²) in [5.74, 6) is 0.928. The fourth-order valence-corrected chi connectivity index (χ4v) is 3.28. The molecule has 0 radical (unpaired) electrons. The minimum atomic E-state index is -0.112. The van der Waals surface area contributed by atoms with Gasteiger partial charge in [-0.1, -0.05) is 15.9 Å². The Balaban J connectivity index is 2.23. The van der Waals surface area contributed by atoms with Gasteiger partial charge < -0.3 is 9.30 Å². The van der Waals surface area contributed by atoms with Crippen LogP contribution in [0.1, 0.15) is 37.5 Å². The highest BCUT2D eigenvalue weighted by Crippen LogP contribution is 2.35. The van der Waals surface area contributed by atoms with E-state index in [4.69, 9.17) is 16.3 Å². The number of benzene rings is 1. The summed E-state index contributed by atoms with van der Waals surface area (Å²) in [6.45, 7) is 4.88. The van der Waals surface area contributed by atoms with Crippen LogP contribution in [0.4, 0.5) is 0 Å². The summed E-state index contributed by atoms with van der Waals surface area (Å²) in [5, 5.41) is -0.112. The smallest absolute Gasteiger partial charge is 0.128 e. The van der Waals surface area contributed by atoms with E-state index in [0.717, 1.165) is 34.4 Å². The molecule has 1 saturated heterocycles. The van der Waals surface area contributed by atoms with Gasteiger partial charge in [-0.2, -0.15) is 0 Å². The van der Waals surface area contributed by atoms with Crippen LogP contribution < -0.4 is 0 Å². The van der Waals surface area contributed by atoms with Crippen LogP contribution in [0.15, 0.2) is 22.7 Å². The normalized spacial score (nSPS) is 25.1. The third kappa shape index (κ3) is 2.30. The van der Waals surface area contributed by atoms with Crippen LogP contribution in [0.25, 0.3) is 11.0 Å². The Hall–Kier alpha value is -0.580. The second-order valence-corrected chi connectivity index (χ2v) is 6.59. The van der Waals surface area contributed by atoms with Crippen molar-refractivity contribution in [2.75, 3.05) is 6.61 Å². The Kier molecular flexibility index (Phi) is 3.58. The Morgan fingerprint density at radius 2 is 2.32 bits per heavy atom. The molecule has 19 heavy (non-hydrogen) atoms. The van der Waals surface area contributed by atoms with E-state index in [9.17, 15) is 0 Å². The molecule has 2 aromatic rings. The fraction of sp³-hybridized carbons (Fsp3) is 0.500. The van der Waals surface area contributed by atoms with E-state index >= 15 is 0 Å². The van der Waals surface area contributed by atoms with Gasteiger partial charge in [-0.15, -0.1) is 11.6 Å². The molecule has 0 aliphatic carbocycles. The number of halogens is 2. The van der Waals surface area contributed by atoms with Crippen molar-refractivity contribution in [3.8, 4) is 0 Å². The molecule has 1 aromatic heterocycles. The summed E-state index contributed by atoms with van der Waals surface area (Å²) in [5.41, 5.74) is 2.11. The molecule has 1 fully saturated rings. The number of fused-ring (bicyclic) bond motifs is 1. The average molecular weight is 344 g/mol. The molecule has 0 bridgehead atoms. The maximum absolute atomic E-state index is 6.31. The van der Waals surface area contributed by atoms with Gasteiger partial charge in [-0.25, -0.2) is 4.98 Å². The number of nitrogens with zero attached hydrogens (tertiary/aromatic N) is 2. The molecule has 2 heterocycles. The highest BCUT2D eigenvalue weighted by Gasteiger charge is 2.30. The average Bonchev–Trinajstić information content (AvgIpc) is 2.92. The number of aromatic nitrogens is 2. The molecule has 5 heteroatoms.